The Balaban J connectivity index is 2.28. The summed E-state index contributed by atoms with van der Waals surface area (Å²) >= 11 is 4.03. The summed E-state index contributed by atoms with van der Waals surface area (Å²) in [6.45, 7) is 0.576. The molecule has 1 rings (SSSR count). The second kappa shape index (κ2) is 4.87. The monoisotopic (exact) mass is 184 g/mol. The molecule has 0 radical (unpaired) electrons. The van der Waals surface area contributed by atoms with Gasteiger partial charge in [0.2, 0.25) is 0 Å². The SMILES string of the molecule is Cn1cc(OC/C=C/CS)cn1. The molecule has 0 amide bonds. The Bertz CT molecular complexity index is 257. The van der Waals surface area contributed by atoms with Crippen LogP contribution in [0.4, 0.5) is 0 Å². The quantitative estimate of drug-likeness (QED) is 0.564. The van der Waals surface area contributed by atoms with Crippen molar-refractivity contribution in [2.45, 2.75) is 0 Å². The van der Waals surface area contributed by atoms with Gasteiger partial charge in [-0.3, -0.25) is 4.68 Å². The zero-order valence-corrected chi connectivity index (χ0v) is 7.87. The average molecular weight is 184 g/mol. The van der Waals surface area contributed by atoms with E-state index in [1.165, 1.54) is 0 Å². The maximum Gasteiger partial charge on any atom is 0.157 e. The van der Waals surface area contributed by atoms with E-state index in [0.29, 0.717) is 6.61 Å². The predicted molar refractivity (Wildman–Crippen MR) is 51.7 cm³/mol. The van der Waals surface area contributed by atoms with Crippen LogP contribution in [0.15, 0.2) is 24.5 Å². The van der Waals surface area contributed by atoms with Crippen molar-refractivity contribution in [1.82, 2.24) is 9.78 Å². The zero-order valence-electron chi connectivity index (χ0n) is 6.97. The molecule has 0 fully saturated rings. The van der Waals surface area contributed by atoms with E-state index in [1.807, 2.05) is 25.4 Å². The van der Waals surface area contributed by atoms with Crippen molar-refractivity contribution in [3.8, 4) is 5.75 Å². The summed E-state index contributed by atoms with van der Waals surface area (Å²) in [5, 5.41) is 3.97. The molecule has 0 spiro atoms. The Labute approximate surface area is 77.4 Å². The lowest BCUT2D eigenvalue weighted by atomic mass is 10.5. The van der Waals surface area contributed by atoms with Crippen LogP contribution < -0.4 is 4.74 Å². The fraction of sp³-hybridized carbons (Fsp3) is 0.375. The van der Waals surface area contributed by atoms with E-state index in [4.69, 9.17) is 4.74 Å². The predicted octanol–water partition coefficient (Wildman–Crippen LogP) is 1.28. The highest BCUT2D eigenvalue weighted by Gasteiger charge is 1.92. The van der Waals surface area contributed by atoms with Crippen LogP contribution in [-0.4, -0.2) is 22.1 Å². The van der Waals surface area contributed by atoms with Crippen molar-refractivity contribution < 1.29 is 4.74 Å². The summed E-state index contributed by atoms with van der Waals surface area (Å²) in [6, 6.07) is 0. The number of rotatable bonds is 4. The minimum atomic E-state index is 0.576. The molecule has 12 heavy (non-hydrogen) atoms. The topological polar surface area (TPSA) is 27.1 Å². The van der Waals surface area contributed by atoms with Gasteiger partial charge in [-0.15, -0.1) is 0 Å². The highest BCUT2D eigenvalue weighted by atomic mass is 32.1. The Hall–Kier alpha value is -0.900. The van der Waals surface area contributed by atoms with Gasteiger partial charge in [-0.25, -0.2) is 0 Å². The number of thiol groups is 1. The van der Waals surface area contributed by atoms with E-state index in [9.17, 15) is 0 Å². The van der Waals surface area contributed by atoms with E-state index in [-0.39, 0.29) is 0 Å². The number of aromatic nitrogens is 2. The fourth-order valence-corrected chi connectivity index (χ4v) is 0.909. The van der Waals surface area contributed by atoms with Crippen molar-refractivity contribution in [3.63, 3.8) is 0 Å². The standard InChI is InChI=1S/C8H12N2OS/c1-10-7-8(6-9-10)11-4-2-3-5-12/h2-3,6-7,12H,4-5H2,1H3/b3-2+. The van der Waals surface area contributed by atoms with Gasteiger partial charge >= 0.3 is 0 Å². The van der Waals surface area contributed by atoms with Gasteiger partial charge in [0.15, 0.2) is 5.75 Å². The van der Waals surface area contributed by atoms with Crippen molar-refractivity contribution in [3.05, 3.63) is 24.5 Å². The molecule has 0 saturated carbocycles. The summed E-state index contributed by atoms with van der Waals surface area (Å²) in [4.78, 5) is 0. The van der Waals surface area contributed by atoms with Gasteiger partial charge in [-0.05, 0) is 0 Å². The van der Waals surface area contributed by atoms with Gasteiger partial charge < -0.3 is 4.74 Å². The molecule has 0 saturated heterocycles. The molecule has 0 N–H and O–H groups in total. The number of hydrogen-bond donors (Lipinski definition) is 1. The Morgan fingerprint density at radius 3 is 3.08 bits per heavy atom. The normalized spacial score (nSPS) is 10.8. The molecule has 0 aliphatic rings. The summed E-state index contributed by atoms with van der Waals surface area (Å²) in [5.41, 5.74) is 0. The van der Waals surface area contributed by atoms with Crippen LogP contribution in [0, 0.1) is 0 Å². The summed E-state index contributed by atoms with van der Waals surface area (Å²) in [5.74, 6) is 1.54. The third kappa shape index (κ3) is 3.00. The first-order valence-corrected chi connectivity index (χ1v) is 4.33. The lowest BCUT2D eigenvalue weighted by Gasteiger charge is -1.96. The maximum absolute atomic E-state index is 5.32. The molecular weight excluding hydrogens is 172 g/mol. The van der Waals surface area contributed by atoms with E-state index >= 15 is 0 Å². The lowest BCUT2D eigenvalue weighted by molar-refractivity contribution is 0.362. The van der Waals surface area contributed by atoms with Crippen LogP contribution in [0.3, 0.4) is 0 Å². The van der Waals surface area contributed by atoms with Gasteiger partial charge in [0.1, 0.15) is 6.61 Å². The molecule has 3 nitrogen and oxygen atoms in total. The molecule has 0 aliphatic carbocycles. The van der Waals surface area contributed by atoms with E-state index in [2.05, 4.69) is 17.7 Å². The van der Waals surface area contributed by atoms with Gasteiger partial charge in [-0.1, -0.05) is 12.2 Å². The average Bonchev–Trinajstić information content (AvgIpc) is 2.45. The highest BCUT2D eigenvalue weighted by Crippen LogP contribution is 2.06. The molecule has 1 aromatic rings. The van der Waals surface area contributed by atoms with Crippen LogP contribution in [0.25, 0.3) is 0 Å². The molecular formula is C8H12N2OS. The van der Waals surface area contributed by atoms with E-state index in [0.717, 1.165) is 11.5 Å². The summed E-state index contributed by atoms with van der Waals surface area (Å²) in [7, 11) is 1.86. The third-order valence-corrected chi connectivity index (χ3v) is 1.51. The minimum absolute atomic E-state index is 0.576. The number of aryl methyl sites for hydroxylation is 1. The molecule has 1 aromatic heterocycles. The van der Waals surface area contributed by atoms with Crippen LogP contribution in [0.5, 0.6) is 5.75 Å². The summed E-state index contributed by atoms with van der Waals surface area (Å²) in [6.07, 6.45) is 7.39. The molecule has 0 atom stereocenters. The molecule has 0 aliphatic heterocycles. The smallest absolute Gasteiger partial charge is 0.157 e. The zero-order chi connectivity index (χ0) is 8.81. The number of ether oxygens (including phenoxy) is 1. The fourth-order valence-electron chi connectivity index (χ4n) is 0.760. The molecule has 0 unspecified atom stereocenters. The molecule has 66 valence electrons. The third-order valence-electron chi connectivity index (χ3n) is 1.30. The van der Waals surface area contributed by atoms with Crippen molar-refractivity contribution in [2.75, 3.05) is 12.4 Å². The molecule has 4 heteroatoms. The molecule has 1 heterocycles. The summed E-state index contributed by atoms with van der Waals surface area (Å²) < 4.78 is 7.03. The van der Waals surface area contributed by atoms with E-state index in [1.54, 1.807) is 10.9 Å². The van der Waals surface area contributed by atoms with Crippen molar-refractivity contribution in [1.29, 1.82) is 0 Å². The molecule has 0 aromatic carbocycles. The lowest BCUT2D eigenvalue weighted by Crippen LogP contribution is -1.91. The van der Waals surface area contributed by atoms with Crippen molar-refractivity contribution >= 4 is 12.6 Å². The Kier molecular flexibility index (Phi) is 3.73. The Morgan fingerprint density at radius 1 is 1.67 bits per heavy atom. The van der Waals surface area contributed by atoms with Crippen molar-refractivity contribution in [2.24, 2.45) is 7.05 Å². The first-order valence-electron chi connectivity index (χ1n) is 3.70. The number of hydrogen-bond acceptors (Lipinski definition) is 3. The molecule has 0 bridgehead atoms. The van der Waals surface area contributed by atoms with Crippen LogP contribution in [0.1, 0.15) is 0 Å². The largest absolute Gasteiger partial charge is 0.486 e. The maximum atomic E-state index is 5.32. The second-order valence-electron chi connectivity index (χ2n) is 2.31. The van der Waals surface area contributed by atoms with Crippen LogP contribution >= 0.6 is 12.6 Å². The van der Waals surface area contributed by atoms with Crippen LogP contribution in [0.2, 0.25) is 0 Å². The number of nitrogens with zero attached hydrogens (tertiary/aromatic N) is 2. The van der Waals surface area contributed by atoms with Crippen LogP contribution in [-0.2, 0) is 7.05 Å². The van der Waals surface area contributed by atoms with Gasteiger partial charge in [0, 0.05) is 12.8 Å². The first kappa shape index (κ1) is 9.19. The van der Waals surface area contributed by atoms with E-state index < -0.39 is 0 Å². The first-order chi connectivity index (χ1) is 5.83. The Morgan fingerprint density at radius 2 is 2.50 bits per heavy atom. The van der Waals surface area contributed by atoms with Gasteiger partial charge in [-0.2, -0.15) is 17.7 Å². The highest BCUT2D eigenvalue weighted by molar-refractivity contribution is 7.80. The minimum Gasteiger partial charge on any atom is -0.486 e. The van der Waals surface area contributed by atoms with Gasteiger partial charge in [0.25, 0.3) is 0 Å². The van der Waals surface area contributed by atoms with Gasteiger partial charge in [0.05, 0.1) is 12.4 Å². The second-order valence-corrected chi connectivity index (χ2v) is 2.68.